The van der Waals surface area contributed by atoms with Crippen molar-refractivity contribution >= 4 is 35.2 Å². The molecule has 0 aliphatic rings. The smallest absolute Gasteiger partial charge is 0.255 e. The molecule has 0 heterocycles. The van der Waals surface area contributed by atoms with Gasteiger partial charge >= 0.3 is 0 Å². The molecule has 0 fully saturated rings. The first-order valence-corrected chi connectivity index (χ1v) is 6.51. The van der Waals surface area contributed by atoms with Crippen LogP contribution in [0.2, 0.25) is 10.0 Å². The van der Waals surface area contributed by atoms with Gasteiger partial charge in [-0.3, -0.25) is 4.79 Å². The van der Waals surface area contributed by atoms with E-state index in [0.717, 1.165) is 11.0 Å². The molecule has 0 atom stereocenters. The van der Waals surface area contributed by atoms with Crippen LogP contribution in [0, 0.1) is 0 Å². The van der Waals surface area contributed by atoms with E-state index in [1.54, 1.807) is 18.2 Å². The van der Waals surface area contributed by atoms with Crippen LogP contribution in [0.15, 0.2) is 24.3 Å². The lowest BCUT2D eigenvalue weighted by Crippen LogP contribution is -2.36. The molecule has 1 amide bonds. The zero-order valence-electron chi connectivity index (χ0n) is 10.4. The summed E-state index contributed by atoms with van der Waals surface area (Å²) in [5.41, 5.74) is 0.508. The summed E-state index contributed by atoms with van der Waals surface area (Å²) in [6.07, 6.45) is -0.143. The third-order valence-electron chi connectivity index (χ3n) is 2.43. The summed E-state index contributed by atoms with van der Waals surface area (Å²) in [6, 6.07) is 4.89. The number of aliphatic hydroxyl groups excluding tert-OH is 1. The monoisotopic (exact) mass is 323 g/mol. The third kappa shape index (κ3) is 5.07. The Morgan fingerprint density at radius 1 is 1.40 bits per heavy atom. The molecule has 0 aliphatic carbocycles. The van der Waals surface area contributed by atoms with E-state index in [2.05, 4.69) is 0 Å². The molecule has 0 saturated heterocycles. The van der Waals surface area contributed by atoms with E-state index in [4.69, 9.17) is 28.3 Å². The molecule has 3 nitrogen and oxygen atoms in total. The zero-order chi connectivity index (χ0) is 15.1. The first kappa shape index (κ1) is 16.9. The van der Waals surface area contributed by atoms with Crippen molar-refractivity contribution in [2.75, 3.05) is 19.7 Å². The van der Waals surface area contributed by atoms with Crippen LogP contribution in [0.5, 0.6) is 0 Å². The number of halogens is 4. The topological polar surface area (TPSA) is 40.5 Å². The summed E-state index contributed by atoms with van der Waals surface area (Å²) < 4.78 is 24.6. The predicted molar refractivity (Wildman–Crippen MR) is 75.2 cm³/mol. The van der Waals surface area contributed by atoms with Crippen LogP contribution in [0.3, 0.4) is 0 Å². The second-order valence-corrected chi connectivity index (χ2v) is 4.66. The average Bonchev–Trinajstić information content (AvgIpc) is 2.39. The maximum atomic E-state index is 12.3. The van der Waals surface area contributed by atoms with Gasteiger partial charge in [-0.25, -0.2) is 8.78 Å². The number of rotatable bonds is 6. The van der Waals surface area contributed by atoms with Gasteiger partial charge in [0.15, 0.2) is 0 Å². The highest BCUT2D eigenvalue weighted by atomic mass is 35.5. The number of benzene rings is 1. The second kappa shape index (κ2) is 8.19. The third-order valence-corrected chi connectivity index (χ3v) is 3.26. The normalized spacial score (nSPS) is 11.3. The molecule has 0 spiro atoms. The number of carbonyl (C=O) groups is 1. The molecule has 1 rings (SSSR count). The molecule has 1 aromatic rings. The molecule has 7 heteroatoms. The minimum absolute atomic E-state index is 0.156. The quantitative estimate of drug-likeness (QED) is 0.817. The van der Waals surface area contributed by atoms with Gasteiger partial charge in [-0.1, -0.05) is 35.3 Å². The summed E-state index contributed by atoms with van der Waals surface area (Å²) in [5.74, 6) is -0.629. The zero-order valence-corrected chi connectivity index (χ0v) is 11.9. The Hall–Kier alpha value is -1.17. The average molecular weight is 324 g/mol. The maximum absolute atomic E-state index is 12.3. The number of alkyl halides is 2. The van der Waals surface area contributed by atoms with Gasteiger partial charge < -0.3 is 10.0 Å². The Kier molecular flexibility index (Phi) is 6.91. The van der Waals surface area contributed by atoms with E-state index < -0.39 is 18.9 Å². The van der Waals surface area contributed by atoms with Crippen LogP contribution >= 0.6 is 23.2 Å². The number of amides is 1. The molecule has 0 aliphatic heterocycles. The lowest BCUT2D eigenvalue weighted by Gasteiger charge is -2.19. The van der Waals surface area contributed by atoms with E-state index in [9.17, 15) is 13.6 Å². The highest BCUT2D eigenvalue weighted by molar-refractivity contribution is 6.42. The van der Waals surface area contributed by atoms with E-state index in [1.807, 2.05) is 0 Å². The highest BCUT2D eigenvalue weighted by Gasteiger charge is 2.15. The van der Waals surface area contributed by atoms with Gasteiger partial charge in [0.1, 0.15) is 0 Å². The molecular formula is C13H13Cl2F2NO2. The molecule has 0 aromatic heterocycles. The first-order valence-electron chi connectivity index (χ1n) is 5.75. The summed E-state index contributed by atoms with van der Waals surface area (Å²) in [4.78, 5) is 12.6. The fourth-order valence-electron chi connectivity index (χ4n) is 1.49. The summed E-state index contributed by atoms with van der Waals surface area (Å²) in [5, 5.41) is 9.38. The van der Waals surface area contributed by atoms with Crippen molar-refractivity contribution in [3.63, 3.8) is 0 Å². The Bertz CT molecular complexity index is 495. The maximum Gasteiger partial charge on any atom is 0.255 e. The Morgan fingerprint density at radius 3 is 2.70 bits per heavy atom. The van der Waals surface area contributed by atoms with Crippen LogP contribution in [-0.2, 0) is 4.79 Å². The van der Waals surface area contributed by atoms with Crippen LogP contribution in [-0.4, -0.2) is 42.0 Å². The SMILES string of the molecule is O=C(/C=C/c1cccc(Cl)c1Cl)N(CCO)CC(F)F. The molecule has 1 N–H and O–H groups in total. The van der Waals surface area contributed by atoms with E-state index >= 15 is 0 Å². The summed E-state index contributed by atoms with van der Waals surface area (Å²) >= 11 is 11.8. The van der Waals surface area contributed by atoms with Crippen LogP contribution in [0.25, 0.3) is 6.08 Å². The lowest BCUT2D eigenvalue weighted by atomic mass is 10.2. The fraction of sp³-hybridized carbons (Fsp3) is 0.308. The molecule has 0 saturated carbocycles. The van der Waals surface area contributed by atoms with Gasteiger partial charge in [-0.2, -0.15) is 0 Å². The van der Waals surface area contributed by atoms with Crippen molar-refractivity contribution < 1.29 is 18.7 Å². The van der Waals surface area contributed by atoms with Gasteiger partial charge in [0.2, 0.25) is 5.91 Å². The second-order valence-electron chi connectivity index (χ2n) is 3.88. The number of nitrogens with zero attached hydrogens (tertiary/aromatic N) is 1. The van der Waals surface area contributed by atoms with Crippen molar-refractivity contribution in [3.05, 3.63) is 39.9 Å². The van der Waals surface area contributed by atoms with Gasteiger partial charge in [0, 0.05) is 12.6 Å². The molecule has 110 valence electrons. The largest absolute Gasteiger partial charge is 0.395 e. The number of hydrogen-bond donors (Lipinski definition) is 1. The van der Waals surface area contributed by atoms with Crippen LogP contribution in [0.4, 0.5) is 8.78 Å². The molecular weight excluding hydrogens is 311 g/mol. The fourth-order valence-corrected chi connectivity index (χ4v) is 1.87. The van der Waals surface area contributed by atoms with Crippen molar-refractivity contribution in [2.45, 2.75) is 6.43 Å². The number of carbonyl (C=O) groups excluding carboxylic acids is 1. The molecule has 1 aromatic carbocycles. The lowest BCUT2D eigenvalue weighted by molar-refractivity contribution is -0.128. The standard InChI is InChI=1S/C13H13Cl2F2NO2/c14-10-3-1-2-9(13(10)15)4-5-12(20)18(6-7-19)8-11(16)17/h1-5,11,19H,6-8H2/b5-4+. The van der Waals surface area contributed by atoms with E-state index in [1.165, 1.54) is 6.08 Å². The summed E-state index contributed by atoms with van der Waals surface area (Å²) in [6.45, 7) is -1.27. The minimum Gasteiger partial charge on any atom is -0.395 e. The summed E-state index contributed by atoms with van der Waals surface area (Å²) in [7, 11) is 0. The Labute approximate surface area is 125 Å². The van der Waals surface area contributed by atoms with Gasteiger partial charge in [0.05, 0.1) is 23.2 Å². The Balaban J connectivity index is 2.81. The first-order chi connectivity index (χ1) is 9.45. The molecule has 0 unspecified atom stereocenters. The molecule has 20 heavy (non-hydrogen) atoms. The minimum atomic E-state index is -2.66. The van der Waals surface area contributed by atoms with Crippen molar-refractivity contribution in [1.29, 1.82) is 0 Å². The number of aliphatic hydroxyl groups is 1. The van der Waals surface area contributed by atoms with Crippen LogP contribution in [0.1, 0.15) is 5.56 Å². The van der Waals surface area contributed by atoms with Crippen molar-refractivity contribution in [2.24, 2.45) is 0 Å². The molecule has 0 bridgehead atoms. The highest BCUT2D eigenvalue weighted by Crippen LogP contribution is 2.26. The van der Waals surface area contributed by atoms with Crippen molar-refractivity contribution in [1.82, 2.24) is 4.90 Å². The van der Waals surface area contributed by atoms with Gasteiger partial charge in [0.25, 0.3) is 6.43 Å². The molecule has 0 radical (unpaired) electrons. The predicted octanol–water partition coefficient (Wildman–Crippen LogP) is 3.09. The van der Waals surface area contributed by atoms with E-state index in [0.29, 0.717) is 10.6 Å². The van der Waals surface area contributed by atoms with Crippen molar-refractivity contribution in [3.8, 4) is 0 Å². The van der Waals surface area contributed by atoms with Gasteiger partial charge in [-0.15, -0.1) is 0 Å². The Morgan fingerprint density at radius 2 is 2.10 bits per heavy atom. The number of hydrogen-bond acceptors (Lipinski definition) is 2. The van der Waals surface area contributed by atoms with Crippen LogP contribution < -0.4 is 0 Å². The van der Waals surface area contributed by atoms with Gasteiger partial charge in [-0.05, 0) is 17.7 Å². The van der Waals surface area contributed by atoms with E-state index in [-0.39, 0.29) is 18.2 Å².